The van der Waals surface area contributed by atoms with E-state index >= 15 is 0 Å². The molecule has 0 spiro atoms. The van der Waals surface area contributed by atoms with Gasteiger partial charge < -0.3 is 16.0 Å². The number of primary amides is 1. The molecule has 1 aromatic carbocycles. The summed E-state index contributed by atoms with van der Waals surface area (Å²) >= 11 is 1.37. The minimum atomic E-state index is -0.576. The van der Waals surface area contributed by atoms with Gasteiger partial charge in [-0.05, 0) is 18.4 Å². The van der Waals surface area contributed by atoms with Crippen LogP contribution in [-0.4, -0.2) is 41.4 Å². The molecule has 1 fully saturated rings. The maximum absolute atomic E-state index is 12.6. The molecular formula is C20H21N5O3S. The smallest absolute Gasteiger partial charge is 0.270 e. The zero-order chi connectivity index (χ0) is 20.4. The third kappa shape index (κ3) is 4.00. The van der Waals surface area contributed by atoms with Crippen LogP contribution in [0.4, 0.5) is 5.95 Å². The number of thiophene rings is 1. The Bertz CT molecular complexity index is 1110. The van der Waals surface area contributed by atoms with Crippen molar-refractivity contribution in [2.45, 2.75) is 12.8 Å². The number of piperidine rings is 1. The monoisotopic (exact) mass is 411 g/mol. The van der Waals surface area contributed by atoms with Crippen LogP contribution in [0.2, 0.25) is 0 Å². The number of hydrogen-bond acceptors (Lipinski definition) is 6. The molecule has 1 atom stereocenters. The Labute approximate surface area is 170 Å². The number of aromatic nitrogens is 2. The van der Waals surface area contributed by atoms with Crippen LogP contribution in [0.25, 0.3) is 21.3 Å². The molecule has 9 heteroatoms. The number of benzene rings is 1. The van der Waals surface area contributed by atoms with Gasteiger partial charge in [0.2, 0.25) is 17.8 Å². The summed E-state index contributed by atoms with van der Waals surface area (Å²) in [5.41, 5.74) is 7.51. The first-order chi connectivity index (χ1) is 14.0. The number of hydrogen-bond donors (Lipinski definition) is 3. The highest BCUT2D eigenvalue weighted by Gasteiger charge is 2.27. The molecular weight excluding hydrogens is 390 g/mol. The molecule has 4 N–H and O–H groups in total. The first-order valence-electron chi connectivity index (χ1n) is 9.41. The predicted molar refractivity (Wildman–Crippen MR) is 113 cm³/mol. The zero-order valence-corrected chi connectivity index (χ0v) is 16.5. The van der Waals surface area contributed by atoms with Crippen LogP contribution < -0.4 is 21.5 Å². The van der Waals surface area contributed by atoms with Crippen molar-refractivity contribution in [3.05, 3.63) is 46.1 Å². The Morgan fingerprint density at radius 1 is 1.31 bits per heavy atom. The number of nitrogens with two attached hydrogens (primary N) is 1. The maximum atomic E-state index is 12.6. The second-order valence-electron chi connectivity index (χ2n) is 7.05. The number of nitrogens with zero attached hydrogens (tertiary/aromatic N) is 2. The summed E-state index contributed by atoms with van der Waals surface area (Å²) in [6, 6.07) is 9.83. The second kappa shape index (κ2) is 8.04. The van der Waals surface area contributed by atoms with Gasteiger partial charge in [0.05, 0.1) is 18.0 Å². The lowest BCUT2D eigenvalue weighted by molar-refractivity contribution is -0.127. The van der Waals surface area contributed by atoms with Gasteiger partial charge in [-0.25, -0.2) is 4.98 Å². The average Bonchev–Trinajstić information content (AvgIpc) is 3.17. The fourth-order valence-corrected chi connectivity index (χ4v) is 4.50. The molecule has 3 heterocycles. The predicted octanol–water partition coefficient (Wildman–Crippen LogP) is 1.47. The van der Waals surface area contributed by atoms with Crippen molar-refractivity contribution in [3.8, 4) is 11.1 Å². The molecule has 29 heavy (non-hydrogen) atoms. The van der Waals surface area contributed by atoms with Gasteiger partial charge in [0.25, 0.3) is 5.56 Å². The van der Waals surface area contributed by atoms with E-state index in [2.05, 4.69) is 10.3 Å². The highest BCUT2D eigenvalue weighted by molar-refractivity contribution is 7.17. The second-order valence-corrected chi connectivity index (χ2v) is 7.93. The van der Waals surface area contributed by atoms with Crippen LogP contribution in [0.5, 0.6) is 0 Å². The van der Waals surface area contributed by atoms with E-state index in [1.807, 2.05) is 40.6 Å². The summed E-state index contributed by atoms with van der Waals surface area (Å²) in [5.74, 6) is -0.614. The van der Waals surface area contributed by atoms with E-state index in [9.17, 15) is 14.4 Å². The van der Waals surface area contributed by atoms with Crippen molar-refractivity contribution in [2.24, 2.45) is 11.7 Å². The SMILES string of the molecule is NC(=O)CNC(=O)[C@H]1CCCN(c2nc3c(-c4ccccc4)csc3c(=O)[nH]2)C1. The lowest BCUT2D eigenvalue weighted by atomic mass is 9.97. The van der Waals surface area contributed by atoms with Crippen LogP contribution >= 0.6 is 11.3 Å². The molecule has 0 radical (unpaired) electrons. The zero-order valence-electron chi connectivity index (χ0n) is 15.7. The Morgan fingerprint density at radius 2 is 2.10 bits per heavy atom. The van der Waals surface area contributed by atoms with Gasteiger partial charge in [-0.2, -0.15) is 0 Å². The lowest BCUT2D eigenvalue weighted by Gasteiger charge is -2.32. The van der Waals surface area contributed by atoms with E-state index in [1.165, 1.54) is 11.3 Å². The molecule has 8 nitrogen and oxygen atoms in total. The van der Waals surface area contributed by atoms with Gasteiger partial charge in [-0.1, -0.05) is 30.3 Å². The summed E-state index contributed by atoms with van der Waals surface area (Å²) in [6.45, 7) is 0.939. The molecule has 2 amide bonds. The molecule has 1 aliphatic heterocycles. The van der Waals surface area contributed by atoms with E-state index in [0.717, 1.165) is 17.5 Å². The van der Waals surface area contributed by atoms with Gasteiger partial charge in [0, 0.05) is 24.0 Å². The minimum Gasteiger partial charge on any atom is -0.368 e. The summed E-state index contributed by atoms with van der Waals surface area (Å²) in [6.07, 6.45) is 1.49. The fourth-order valence-electron chi connectivity index (χ4n) is 3.59. The van der Waals surface area contributed by atoms with Gasteiger partial charge >= 0.3 is 0 Å². The third-order valence-electron chi connectivity index (χ3n) is 5.03. The average molecular weight is 411 g/mol. The molecule has 0 bridgehead atoms. The largest absolute Gasteiger partial charge is 0.368 e. The molecule has 0 saturated carbocycles. The van der Waals surface area contributed by atoms with Crippen LogP contribution in [-0.2, 0) is 9.59 Å². The van der Waals surface area contributed by atoms with Crippen LogP contribution in [0.1, 0.15) is 12.8 Å². The topological polar surface area (TPSA) is 121 Å². The number of anilines is 1. The lowest BCUT2D eigenvalue weighted by Crippen LogP contribution is -2.45. The van der Waals surface area contributed by atoms with Crippen LogP contribution in [0, 0.1) is 5.92 Å². The van der Waals surface area contributed by atoms with Crippen molar-refractivity contribution in [2.75, 3.05) is 24.5 Å². The van der Waals surface area contributed by atoms with Crippen LogP contribution in [0.15, 0.2) is 40.5 Å². The normalized spacial score (nSPS) is 16.7. The van der Waals surface area contributed by atoms with E-state index in [4.69, 9.17) is 10.7 Å². The van der Waals surface area contributed by atoms with E-state index in [-0.39, 0.29) is 23.9 Å². The van der Waals surface area contributed by atoms with E-state index in [0.29, 0.717) is 35.7 Å². The fraction of sp³-hybridized carbons (Fsp3) is 0.300. The summed E-state index contributed by atoms with van der Waals surface area (Å²) in [7, 11) is 0. The quantitative estimate of drug-likeness (QED) is 0.587. The van der Waals surface area contributed by atoms with E-state index in [1.54, 1.807) is 0 Å². The molecule has 1 saturated heterocycles. The van der Waals surface area contributed by atoms with E-state index < -0.39 is 5.91 Å². The van der Waals surface area contributed by atoms with Gasteiger partial charge in [-0.3, -0.25) is 19.4 Å². The van der Waals surface area contributed by atoms with Crippen LogP contribution in [0.3, 0.4) is 0 Å². The molecule has 0 aliphatic carbocycles. The third-order valence-corrected chi connectivity index (χ3v) is 6.00. The number of aromatic amines is 1. The highest BCUT2D eigenvalue weighted by Crippen LogP contribution is 2.32. The Kier molecular flexibility index (Phi) is 5.30. The Balaban J connectivity index is 1.63. The van der Waals surface area contributed by atoms with Crippen molar-refractivity contribution in [3.63, 3.8) is 0 Å². The molecule has 3 aromatic rings. The first-order valence-corrected chi connectivity index (χ1v) is 10.3. The molecule has 150 valence electrons. The van der Waals surface area contributed by atoms with Crippen molar-refractivity contribution >= 4 is 39.3 Å². The van der Waals surface area contributed by atoms with Crippen molar-refractivity contribution < 1.29 is 9.59 Å². The number of carbonyl (C=O) groups excluding carboxylic acids is 2. The number of H-pyrrole nitrogens is 1. The summed E-state index contributed by atoms with van der Waals surface area (Å²) in [4.78, 5) is 45.4. The molecule has 1 aliphatic rings. The molecule has 2 aromatic heterocycles. The number of fused-ring (bicyclic) bond motifs is 1. The van der Waals surface area contributed by atoms with Crippen molar-refractivity contribution in [1.82, 2.24) is 15.3 Å². The van der Waals surface area contributed by atoms with Gasteiger partial charge in [-0.15, -0.1) is 11.3 Å². The summed E-state index contributed by atoms with van der Waals surface area (Å²) < 4.78 is 0.584. The molecule has 0 unspecified atom stereocenters. The highest BCUT2D eigenvalue weighted by atomic mass is 32.1. The number of carbonyl (C=O) groups is 2. The summed E-state index contributed by atoms with van der Waals surface area (Å²) in [5, 5.41) is 4.51. The Morgan fingerprint density at radius 3 is 2.86 bits per heavy atom. The minimum absolute atomic E-state index is 0.175. The Hall–Kier alpha value is -3.20. The van der Waals surface area contributed by atoms with Gasteiger partial charge in [0.15, 0.2) is 0 Å². The standard InChI is InChI=1S/C20H21N5O3S/c21-15(26)9-22-18(27)13-7-4-8-25(10-13)20-23-16-14(12-5-2-1-3-6-12)11-29-17(16)19(28)24-20/h1-3,5-6,11,13H,4,7-10H2,(H2,21,26)(H,22,27)(H,23,24,28)/t13-/m0/s1. The van der Waals surface area contributed by atoms with Crippen molar-refractivity contribution in [1.29, 1.82) is 0 Å². The first kappa shape index (κ1) is 19.1. The number of nitrogens with one attached hydrogen (secondary N) is 2. The molecule has 4 rings (SSSR count). The number of amides is 2. The number of rotatable bonds is 5. The maximum Gasteiger partial charge on any atom is 0.270 e. The van der Waals surface area contributed by atoms with Gasteiger partial charge in [0.1, 0.15) is 4.70 Å².